The second-order valence-electron chi connectivity index (χ2n) is 7.45. The maximum atomic E-state index is 13.1. The molecule has 0 saturated carbocycles. The van der Waals surface area contributed by atoms with Crippen LogP contribution in [0, 0.1) is 6.92 Å². The van der Waals surface area contributed by atoms with Gasteiger partial charge in [-0.1, -0.05) is 0 Å². The molecule has 142 valence electrons. The van der Waals surface area contributed by atoms with Crippen molar-refractivity contribution in [1.82, 2.24) is 29.4 Å². The number of rotatable bonds is 2. The molecule has 7 nitrogen and oxygen atoms in total. The summed E-state index contributed by atoms with van der Waals surface area (Å²) in [6.45, 7) is 5.28. The van der Waals surface area contributed by atoms with Gasteiger partial charge in [-0.3, -0.25) is 4.79 Å². The van der Waals surface area contributed by atoms with Gasteiger partial charge < -0.3 is 14.8 Å². The molecule has 1 aliphatic heterocycles. The minimum atomic E-state index is 0.0523. The number of pyridine rings is 2. The number of nitrogens with one attached hydrogen (secondary N) is 1. The Labute approximate surface area is 162 Å². The molecule has 0 aromatic carbocycles. The van der Waals surface area contributed by atoms with Crippen LogP contribution in [-0.2, 0) is 0 Å². The number of nitrogens with zero attached hydrogens (tertiary/aromatic N) is 5. The van der Waals surface area contributed by atoms with E-state index in [0.29, 0.717) is 5.56 Å². The molecule has 28 heavy (non-hydrogen) atoms. The zero-order valence-electron chi connectivity index (χ0n) is 16.0. The SMILES string of the molecule is Cc1ccc2c(-c3ccn4ncc(C(=O)N5CCN(C)CC5)c4c3)c[nH]c2n1. The van der Waals surface area contributed by atoms with Crippen molar-refractivity contribution >= 4 is 22.5 Å². The Kier molecular flexibility index (Phi) is 3.91. The predicted molar refractivity (Wildman–Crippen MR) is 108 cm³/mol. The molecular formula is C21H22N6O. The quantitative estimate of drug-likeness (QED) is 0.585. The van der Waals surface area contributed by atoms with E-state index in [4.69, 9.17) is 0 Å². The summed E-state index contributed by atoms with van der Waals surface area (Å²) in [5.41, 5.74) is 5.45. The van der Waals surface area contributed by atoms with E-state index >= 15 is 0 Å². The first-order valence-electron chi connectivity index (χ1n) is 9.50. The first kappa shape index (κ1) is 16.9. The second-order valence-corrected chi connectivity index (χ2v) is 7.45. The third kappa shape index (κ3) is 2.75. The number of H-pyrrole nitrogens is 1. The Bertz CT molecular complexity index is 1180. The van der Waals surface area contributed by atoms with Crippen molar-refractivity contribution in [3.05, 3.63) is 54.1 Å². The van der Waals surface area contributed by atoms with Crippen molar-refractivity contribution in [3.63, 3.8) is 0 Å². The van der Waals surface area contributed by atoms with Gasteiger partial charge in [0.25, 0.3) is 5.91 Å². The Hall–Kier alpha value is -3.19. The smallest absolute Gasteiger partial charge is 0.257 e. The molecule has 0 bridgehead atoms. The lowest BCUT2D eigenvalue weighted by molar-refractivity contribution is 0.0666. The third-order valence-electron chi connectivity index (χ3n) is 5.53. The van der Waals surface area contributed by atoms with Crippen molar-refractivity contribution in [3.8, 4) is 11.1 Å². The summed E-state index contributed by atoms with van der Waals surface area (Å²) in [5.74, 6) is 0.0523. The number of aromatic nitrogens is 4. The molecule has 0 radical (unpaired) electrons. The molecule has 0 spiro atoms. The molecule has 5 rings (SSSR count). The summed E-state index contributed by atoms with van der Waals surface area (Å²) >= 11 is 0. The monoisotopic (exact) mass is 374 g/mol. The minimum absolute atomic E-state index is 0.0523. The van der Waals surface area contributed by atoms with Gasteiger partial charge in [0.05, 0.1) is 17.3 Å². The number of likely N-dealkylation sites (N-methyl/N-ethyl adjacent to an activating group) is 1. The first-order chi connectivity index (χ1) is 13.6. The first-order valence-corrected chi connectivity index (χ1v) is 9.50. The summed E-state index contributed by atoms with van der Waals surface area (Å²) in [6.07, 6.45) is 5.56. The maximum absolute atomic E-state index is 13.1. The van der Waals surface area contributed by atoms with Crippen LogP contribution >= 0.6 is 0 Å². The highest BCUT2D eigenvalue weighted by atomic mass is 16.2. The van der Waals surface area contributed by atoms with E-state index in [9.17, 15) is 4.79 Å². The molecule has 4 aromatic heterocycles. The van der Waals surface area contributed by atoms with Gasteiger partial charge in [-0.25, -0.2) is 9.50 Å². The van der Waals surface area contributed by atoms with Gasteiger partial charge in [-0.15, -0.1) is 0 Å². The van der Waals surface area contributed by atoms with Crippen LogP contribution in [0.15, 0.2) is 42.9 Å². The summed E-state index contributed by atoms with van der Waals surface area (Å²) in [4.78, 5) is 25.0. The number of amides is 1. The second kappa shape index (κ2) is 6.45. The highest BCUT2D eigenvalue weighted by Gasteiger charge is 2.23. The lowest BCUT2D eigenvalue weighted by Gasteiger charge is -2.32. The molecule has 7 heteroatoms. The van der Waals surface area contributed by atoms with Crippen LogP contribution in [0.25, 0.3) is 27.7 Å². The minimum Gasteiger partial charge on any atom is -0.346 e. The average molecular weight is 374 g/mol. The van der Waals surface area contributed by atoms with Crippen molar-refractivity contribution in [1.29, 1.82) is 0 Å². The number of carbonyl (C=O) groups excluding carboxylic acids is 1. The van der Waals surface area contributed by atoms with Crippen LogP contribution in [0.5, 0.6) is 0 Å². The van der Waals surface area contributed by atoms with Gasteiger partial charge in [0.2, 0.25) is 0 Å². The number of hydrogen-bond acceptors (Lipinski definition) is 4. The van der Waals surface area contributed by atoms with Crippen LogP contribution < -0.4 is 0 Å². The van der Waals surface area contributed by atoms with E-state index in [1.165, 1.54) is 0 Å². The Morgan fingerprint density at radius 2 is 1.96 bits per heavy atom. The largest absolute Gasteiger partial charge is 0.346 e. The molecule has 1 amide bonds. The van der Waals surface area contributed by atoms with E-state index in [-0.39, 0.29) is 5.91 Å². The van der Waals surface area contributed by atoms with Gasteiger partial charge in [-0.2, -0.15) is 5.10 Å². The summed E-state index contributed by atoms with van der Waals surface area (Å²) in [6, 6.07) is 8.16. The molecule has 0 aliphatic carbocycles. The maximum Gasteiger partial charge on any atom is 0.257 e. The molecule has 1 fully saturated rings. The van der Waals surface area contributed by atoms with E-state index in [0.717, 1.165) is 59.5 Å². The van der Waals surface area contributed by atoms with Gasteiger partial charge >= 0.3 is 0 Å². The molecule has 0 atom stereocenters. The van der Waals surface area contributed by atoms with E-state index in [1.807, 2.05) is 42.4 Å². The summed E-state index contributed by atoms with van der Waals surface area (Å²) in [5, 5.41) is 5.46. The predicted octanol–water partition coefficient (Wildman–Crippen LogP) is 2.57. The number of aryl methyl sites for hydroxylation is 1. The number of hydrogen-bond donors (Lipinski definition) is 1. The number of aromatic amines is 1. The fraction of sp³-hybridized carbons (Fsp3) is 0.286. The zero-order valence-corrected chi connectivity index (χ0v) is 16.0. The van der Waals surface area contributed by atoms with Gasteiger partial charge in [0.15, 0.2) is 0 Å². The molecule has 0 unspecified atom stereocenters. The molecular weight excluding hydrogens is 352 g/mol. The van der Waals surface area contributed by atoms with Crippen molar-refractivity contribution in [2.45, 2.75) is 6.92 Å². The number of fused-ring (bicyclic) bond motifs is 2. The lowest BCUT2D eigenvalue weighted by Crippen LogP contribution is -2.47. The summed E-state index contributed by atoms with van der Waals surface area (Å²) in [7, 11) is 2.08. The number of piperazine rings is 1. The van der Waals surface area contributed by atoms with Crippen LogP contribution in [0.1, 0.15) is 16.1 Å². The highest BCUT2D eigenvalue weighted by molar-refractivity contribution is 6.02. The Morgan fingerprint density at radius 1 is 1.14 bits per heavy atom. The molecule has 5 heterocycles. The fourth-order valence-electron chi connectivity index (χ4n) is 3.83. The van der Waals surface area contributed by atoms with Crippen molar-refractivity contribution in [2.24, 2.45) is 0 Å². The van der Waals surface area contributed by atoms with Crippen LogP contribution in [0.2, 0.25) is 0 Å². The average Bonchev–Trinajstić information content (AvgIpc) is 3.31. The zero-order chi connectivity index (χ0) is 19.3. The van der Waals surface area contributed by atoms with E-state index in [2.05, 4.69) is 33.1 Å². The van der Waals surface area contributed by atoms with Crippen LogP contribution in [0.4, 0.5) is 0 Å². The van der Waals surface area contributed by atoms with Gasteiger partial charge in [0, 0.05) is 55.2 Å². The highest BCUT2D eigenvalue weighted by Crippen LogP contribution is 2.29. The standard InChI is InChI=1S/C21H22N6O/c1-14-3-4-16-17(12-22-20(16)24-14)15-5-6-27-19(11-15)18(13-23-27)21(28)26-9-7-25(2)8-10-26/h3-6,11-13H,7-10H2,1-2H3,(H,22,24). The Balaban J connectivity index is 1.55. The normalized spacial score (nSPS) is 15.6. The molecule has 1 aliphatic rings. The van der Waals surface area contributed by atoms with E-state index < -0.39 is 0 Å². The lowest BCUT2D eigenvalue weighted by atomic mass is 10.1. The Morgan fingerprint density at radius 3 is 2.79 bits per heavy atom. The fourth-order valence-corrected chi connectivity index (χ4v) is 3.83. The van der Waals surface area contributed by atoms with E-state index in [1.54, 1.807) is 10.7 Å². The van der Waals surface area contributed by atoms with Crippen LogP contribution in [-0.4, -0.2) is 68.5 Å². The van der Waals surface area contributed by atoms with Gasteiger partial charge in [-0.05, 0) is 43.8 Å². The topological polar surface area (TPSA) is 69.5 Å². The third-order valence-corrected chi connectivity index (χ3v) is 5.53. The molecule has 4 aromatic rings. The molecule has 1 saturated heterocycles. The van der Waals surface area contributed by atoms with Crippen molar-refractivity contribution in [2.75, 3.05) is 33.2 Å². The number of carbonyl (C=O) groups is 1. The van der Waals surface area contributed by atoms with Crippen LogP contribution in [0.3, 0.4) is 0 Å². The van der Waals surface area contributed by atoms with Gasteiger partial charge in [0.1, 0.15) is 5.65 Å². The van der Waals surface area contributed by atoms with Crippen molar-refractivity contribution < 1.29 is 4.79 Å². The molecule has 1 N–H and O–H groups in total. The summed E-state index contributed by atoms with van der Waals surface area (Å²) < 4.78 is 1.77.